The van der Waals surface area contributed by atoms with Gasteiger partial charge < -0.3 is 9.88 Å². The fourth-order valence-electron chi connectivity index (χ4n) is 4.91. The number of carbonyl (C=O) groups is 2. The van der Waals surface area contributed by atoms with Crippen LogP contribution in [0.25, 0.3) is 10.9 Å². The smallest absolute Gasteiger partial charge is 0.259 e. The van der Waals surface area contributed by atoms with Gasteiger partial charge in [-0.1, -0.05) is 19.9 Å². The molecule has 2 aromatic carbocycles. The number of hydrogen-bond acceptors (Lipinski definition) is 3. The third-order valence-corrected chi connectivity index (χ3v) is 6.22. The van der Waals surface area contributed by atoms with Gasteiger partial charge in [-0.2, -0.15) is 0 Å². The average molecular weight is 453 g/mol. The van der Waals surface area contributed by atoms with E-state index in [-0.39, 0.29) is 17.7 Å². The number of nitrogens with zero attached hydrogens (tertiary/aromatic N) is 2. The number of halogens is 3. The first-order chi connectivity index (χ1) is 15.7. The van der Waals surface area contributed by atoms with Gasteiger partial charge in [0.2, 0.25) is 5.91 Å². The van der Waals surface area contributed by atoms with Crippen LogP contribution in [0.5, 0.6) is 0 Å². The van der Waals surface area contributed by atoms with Crippen molar-refractivity contribution in [1.82, 2.24) is 9.47 Å². The zero-order chi connectivity index (χ0) is 23.6. The number of hydrogen-bond donors (Lipinski definition) is 1. The van der Waals surface area contributed by atoms with Gasteiger partial charge in [-0.05, 0) is 41.3 Å². The Hall–Kier alpha value is -3.55. The molecule has 170 valence electrons. The van der Waals surface area contributed by atoms with E-state index in [9.17, 15) is 22.8 Å². The quantitative estimate of drug-likeness (QED) is 0.573. The van der Waals surface area contributed by atoms with Crippen LogP contribution in [0.1, 0.15) is 37.8 Å². The number of aromatic nitrogens is 1. The zero-order valence-electron chi connectivity index (χ0n) is 18.4. The minimum absolute atomic E-state index is 0.0266. The van der Waals surface area contributed by atoms with E-state index in [0.29, 0.717) is 23.7 Å². The summed E-state index contributed by atoms with van der Waals surface area (Å²) in [5.74, 6) is -5.74. The molecule has 0 fully saturated rings. The van der Waals surface area contributed by atoms with Crippen molar-refractivity contribution >= 4 is 28.4 Å². The van der Waals surface area contributed by atoms with E-state index in [1.807, 2.05) is 24.4 Å². The highest BCUT2D eigenvalue weighted by molar-refractivity contribution is 6.11. The second-order valence-electron chi connectivity index (χ2n) is 8.99. The molecule has 1 N–H and O–H groups in total. The van der Waals surface area contributed by atoms with Gasteiger partial charge in [0.25, 0.3) is 5.91 Å². The van der Waals surface area contributed by atoms with Gasteiger partial charge >= 0.3 is 0 Å². The highest BCUT2D eigenvalue weighted by Crippen LogP contribution is 2.46. The molecule has 2 amide bonds. The molecule has 8 heteroatoms. The van der Waals surface area contributed by atoms with Crippen LogP contribution in [-0.4, -0.2) is 27.8 Å². The fourth-order valence-corrected chi connectivity index (χ4v) is 4.91. The van der Waals surface area contributed by atoms with Crippen LogP contribution >= 0.6 is 0 Å². The molecule has 0 saturated heterocycles. The van der Waals surface area contributed by atoms with Gasteiger partial charge in [0, 0.05) is 42.4 Å². The molecule has 0 bridgehead atoms. The third-order valence-electron chi connectivity index (χ3n) is 6.22. The topological polar surface area (TPSA) is 54.3 Å². The Bertz CT molecular complexity index is 1350. The van der Waals surface area contributed by atoms with E-state index >= 15 is 0 Å². The largest absolute Gasteiger partial charge is 0.356 e. The molecule has 0 aliphatic carbocycles. The van der Waals surface area contributed by atoms with E-state index in [1.165, 1.54) is 6.92 Å². The lowest BCUT2D eigenvalue weighted by Gasteiger charge is -2.20. The second-order valence-corrected chi connectivity index (χ2v) is 8.99. The Labute approximate surface area is 188 Å². The monoisotopic (exact) mass is 453 g/mol. The highest BCUT2D eigenvalue weighted by Gasteiger charge is 2.42. The first kappa shape index (κ1) is 21.3. The molecule has 0 radical (unpaired) electrons. The molecule has 2 aliphatic rings. The summed E-state index contributed by atoms with van der Waals surface area (Å²) in [6.07, 6.45) is 1.89. The van der Waals surface area contributed by atoms with Crippen molar-refractivity contribution in [3.05, 3.63) is 76.4 Å². The summed E-state index contributed by atoms with van der Waals surface area (Å²) >= 11 is 0. The number of carbonyl (C=O) groups excluding carboxylic acids is 2. The van der Waals surface area contributed by atoms with Gasteiger partial charge in [-0.25, -0.2) is 13.2 Å². The van der Waals surface area contributed by atoms with Crippen molar-refractivity contribution < 1.29 is 22.8 Å². The van der Waals surface area contributed by atoms with Crippen LogP contribution < -0.4 is 5.32 Å². The number of nitrogens with one attached hydrogen (secondary N) is 1. The predicted octanol–water partition coefficient (Wildman–Crippen LogP) is 4.91. The molecular weight excluding hydrogens is 431 g/mol. The van der Waals surface area contributed by atoms with Crippen LogP contribution in [-0.2, 0) is 16.1 Å². The number of anilines is 1. The molecule has 0 saturated carbocycles. The SMILES string of the molecule is CC(=O)N1CC2=C(C1=O)[C@H](c1cc(F)c(F)c(F)c1)c1cn(CC(C)C)c3cccc(c13)N2. The van der Waals surface area contributed by atoms with Gasteiger partial charge in [0.05, 0.1) is 17.6 Å². The molecule has 5 nitrogen and oxygen atoms in total. The highest BCUT2D eigenvalue weighted by atomic mass is 19.2. The van der Waals surface area contributed by atoms with Crippen LogP contribution in [0.4, 0.5) is 18.9 Å². The maximum atomic E-state index is 14.3. The molecule has 0 spiro atoms. The molecule has 1 atom stereocenters. The number of benzene rings is 2. The van der Waals surface area contributed by atoms with Crippen LogP contribution in [0, 0.1) is 23.4 Å². The molecule has 33 heavy (non-hydrogen) atoms. The van der Waals surface area contributed by atoms with E-state index < -0.39 is 35.2 Å². The van der Waals surface area contributed by atoms with Crippen molar-refractivity contribution in [2.24, 2.45) is 5.92 Å². The summed E-state index contributed by atoms with van der Waals surface area (Å²) in [6, 6.07) is 7.57. The number of amides is 2. The first-order valence-electron chi connectivity index (χ1n) is 10.8. The van der Waals surface area contributed by atoms with E-state index in [0.717, 1.165) is 33.6 Å². The van der Waals surface area contributed by atoms with Gasteiger partial charge in [-0.3, -0.25) is 14.5 Å². The molecular formula is C25H22F3N3O2. The zero-order valence-corrected chi connectivity index (χ0v) is 18.4. The lowest BCUT2D eigenvalue weighted by molar-refractivity contribution is -0.139. The molecule has 1 aromatic heterocycles. The lowest BCUT2D eigenvalue weighted by atomic mass is 9.84. The number of rotatable bonds is 3. The third kappa shape index (κ3) is 3.23. The van der Waals surface area contributed by atoms with Gasteiger partial charge in [0.15, 0.2) is 17.5 Å². The summed E-state index contributed by atoms with van der Waals surface area (Å²) in [5, 5.41) is 4.12. The molecule has 2 aliphatic heterocycles. The number of imide groups is 1. The predicted molar refractivity (Wildman–Crippen MR) is 118 cm³/mol. The lowest BCUT2D eigenvalue weighted by Crippen LogP contribution is -2.33. The molecule has 3 heterocycles. The maximum absolute atomic E-state index is 14.3. The minimum Gasteiger partial charge on any atom is -0.356 e. The summed E-state index contributed by atoms with van der Waals surface area (Å²) in [5.41, 5.74) is 3.15. The van der Waals surface area contributed by atoms with E-state index in [4.69, 9.17) is 0 Å². The van der Waals surface area contributed by atoms with Crippen molar-refractivity contribution in [2.75, 3.05) is 11.9 Å². The van der Waals surface area contributed by atoms with E-state index in [2.05, 4.69) is 23.7 Å². The fraction of sp³-hybridized carbons (Fsp3) is 0.280. The maximum Gasteiger partial charge on any atom is 0.259 e. The van der Waals surface area contributed by atoms with Crippen LogP contribution in [0.2, 0.25) is 0 Å². The molecule has 0 unspecified atom stereocenters. The van der Waals surface area contributed by atoms with Gasteiger partial charge in [0.1, 0.15) is 0 Å². The van der Waals surface area contributed by atoms with Gasteiger partial charge in [-0.15, -0.1) is 0 Å². The van der Waals surface area contributed by atoms with Crippen molar-refractivity contribution in [3.63, 3.8) is 0 Å². The van der Waals surface area contributed by atoms with Crippen LogP contribution in [0.3, 0.4) is 0 Å². The Morgan fingerprint density at radius 3 is 2.52 bits per heavy atom. The summed E-state index contributed by atoms with van der Waals surface area (Å²) in [4.78, 5) is 26.6. The normalized spacial score (nSPS) is 17.6. The Kier molecular flexibility index (Phi) is 4.84. The average Bonchev–Trinajstić information content (AvgIpc) is 3.21. The second kappa shape index (κ2) is 7.50. The summed E-state index contributed by atoms with van der Waals surface area (Å²) in [7, 11) is 0. The Morgan fingerprint density at radius 2 is 1.88 bits per heavy atom. The van der Waals surface area contributed by atoms with Crippen molar-refractivity contribution in [1.29, 1.82) is 0 Å². The Morgan fingerprint density at radius 1 is 1.18 bits per heavy atom. The van der Waals surface area contributed by atoms with Crippen molar-refractivity contribution in [2.45, 2.75) is 33.2 Å². The first-order valence-corrected chi connectivity index (χ1v) is 10.8. The molecule has 5 rings (SSSR count). The van der Waals surface area contributed by atoms with Crippen molar-refractivity contribution in [3.8, 4) is 0 Å². The van der Waals surface area contributed by atoms with E-state index in [1.54, 1.807) is 0 Å². The molecule has 3 aromatic rings. The minimum atomic E-state index is -1.56. The Balaban J connectivity index is 1.82. The standard InChI is InChI=1S/C25H22F3N3O2/c1-12(2)9-30-10-15-21(14-7-16(26)24(28)17(27)8-14)23-19(11-31(13(3)32)25(23)33)29-18-5-4-6-20(30)22(15)18/h4-8,10,12,21,29H,9,11H2,1-3H3/t21-/m1/s1. The summed E-state index contributed by atoms with van der Waals surface area (Å²) < 4.78 is 44.5. The summed E-state index contributed by atoms with van der Waals surface area (Å²) in [6.45, 7) is 6.17. The van der Waals surface area contributed by atoms with Crippen LogP contribution in [0.15, 0.2) is 47.8 Å².